The minimum absolute atomic E-state index is 0.596. The number of aliphatic imine (C=N–C) groups is 1. The van der Waals surface area contributed by atoms with Gasteiger partial charge in [-0.1, -0.05) is 24.3 Å². The van der Waals surface area contributed by atoms with Crippen LogP contribution in [0.5, 0.6) is 11.5 Å². The fourth-order valence-corrected chi connectivity index (χ4v) is 3.66. The van der Waals surface area contributed by atoms with Crippen LogP contribution in [-0.2, 0) is 5.72 Å². The van der Waals surface area contributed by atoms with Crippen LogP contribution in [0.1, 0.15) is 23.1 Å². The third-order valence-electron chi connectivity index (χ3n) is 4.78. The van der Waals surface area contributed by atoms with E-state index in [0.717, 1.165) is 36.5 Å². The first-order valence-electron chi connectivity index (χ1n) is 8.07. The molecule has 0 saturated heterocycles. The summed E-state index contributed by atoms with van der Waals surface area (Å²) in [5, 5.41) is 11.8. The predicted molar refractivity (Wildman–Crippen MR) is 91.7 cm³/mol. The number of benzene rings is 2. The van der Waals surface area contributed by atoms with Gasteiger partial charge in [-0.2, -0.15) is 0 Å². The molecule has 0 aliphatic carbocycles. The maximum atomic E-state index is 11.8. The van der Waals surface area contributed by atoms with Crippen molar-refractivity contribution in [1.29, 1.82) is 0 Å². The van der Waals surface area contributed by atoms with E-state index in [1.807, 2.05) is 41.3 Å². The Balaban J connectivity index is 1.96. The lowest BCUT2D eigenvalue weighted by Gasteiger charge is -2.38. The maximum Gasteiger partial charge on any atom is 0.196 e. The van der Waals surface area contributed by atoms with Gasteiger partial charge in [0, 0.05) is 30.3 Å². The molecule has 0 amide bonds. The van der Waals surface area contributed by atoms with Gasteiger partial charge >= 0.3 is 0 Å². The Morgan fingerprint density at radius 2 is 1.92 bits per heavy atom. The molecule has 2 aromatic rings. The molecule has 1 unspecified atom stereocenters. The number of ether oxygens (including phenoxy) is 2. The molecule has 1 atom stereocenters. The first-order chi connectivity index (χ1) is 11.7. The van der Waals surface area contributed by atoms with Crippen LogP contribution in [0.2, 0.25) is 0 Å². The third kappa shape index (κ3) is 1.94. The standard InChI is InChI=1S/C19H20N2O3/c1-23-13-8-9-16(17(12-13)24-2)19(22)15-7-4-3-6-14(15)18-20-10-5-11-21(18)19/h3-4,6-9,12,22H,5,10-11H2,1-2H3. The van der Waals surface area contributed by atoms with Crippen LogP contribution in [0, 0.1) is 0 Å². The molecule has 0 radical (unpaired) electrons. The summed E-state index contributed by atoms with van der Waals surface area (Å²) >= 11 is 0. The Bertz CT molecular complexity index is 818. The van der Waals surface area contributed by atoms with E-state index in [4.69, 9.17) is 9.47 Å². The highest BCUT2D eigenvalue weighted by atomic mass is 16.5. The molecule has 24 heavy (non-hydrogen) atoms. The van der Waals surface area contributed by atoms with Crippen molar-refractivity contribution in [3.05, 3.63) is 59.2 Å². The zero-order valence-electron chi connectivity index (χ0n) is 13.8. The van der Waals surface area contributed by atoms with E-state index in [1.54, 1.807) is 20.3 Å². The molecule has 5 nitrogen and oxygen atoms in total. The fraction of sp³-hybridized carbons (Fsp3) is 0.316. The first kappa shape index (κ1) is 15.0. The van der Waals surface area contributed by atoms with Crippen molar-refractivity contribution < 1.29 is 14.6 Å². The van der Waals surface area contributed by atoms with Gasteiger partial charge in [-0.05, 0) is 18.6 Å². The van der Waals surface area contributed by atoms with E-state index in [2.05, 4.69) is 4.99 Å². The number of rotatable bonds is 3. The Kier molecular flexibility index (Phi) is 3.46. The zero-order valence-corrected chi connectivity index (χ0v) is 13.8. The number of hydrogen-bond donors (Lipinski definition) is 1. The van der Waals surface area contributed by atoms with Crippen LogP contribution in [0.4, 0.5) is 0 Å². The summed E-state index contributed by atoms with van der Waals surface area (Å²) in [7, 11) is 3.22. The lowest BCUT2D eigenvalue weighted by Crippen LogP contribution is -2.47. The van der Waals surface area contributed by atoms with Crippen molar-refractivity contribution in [2.45, 2.75) is 12.1 Å². The molecule has 2 heterocycles. The van der Waals surface area contributed by atoms with Gasteiger partial charge in [-0.15, -0.1) is 0 Å². The number of fused-ring (bicyclic) bond motifs is 3. The highest BCUT2D eigenvalue weighted by molar-refractivity contribution is 6.04. The van der Waals surface area contributed by atoms with Crippen molar-refractivity contribution >= 4 is 5.84 Å². The molecule has 0 aromatic heterocycles. The zero-order chi connectivity index (χ0) is 16.7. The van der Waals surface area contributed by atoms with Crippen molar-refractivity contribution in [2.75, 3.05) is 27.3 Å². The Hall–Kier alpha value is -2.53. The van der Waals surface area contributed by atoms with E-state index in [-0.39, 0.29) is 0 Å². The molecular weight excluding hydrogens is 304 g/mol. The highest BCUT2D eigenvalue weighted by Crippen LogP contribution is 2.47. The Morgan fingerprint density at radius 3 is 2.71 bits per heavy atom. The number of amidine groups is 1. The van der Waals surface area contributed by atoms with E-state index < -0.39 is 5.72 Å². The molecule has 0 spiro atoms. The Morgan fingerprint density at radius 1 is 1.08 bits per heavy atom. The average molecular weight is 324 g/mol. The summed E-state index contributed by atoms with van der Waals surface area (Å²) in [5.41, 5.74) is 1.24. The lowest BCUT2D eigenvalue weighted by molar-refractivity contribution is -0.0334. The molecule has 1 N–H and O–H groups in total. The summed E-state index contributed by atoms with van der Waals surface area (Å²) in [5.74, 6) is 2.15. The van der Waals surface area contributed by atoms with Crippen LogP contribution in [-0.4, -0.2) is 43.2 Å². The summed E-state index contributed by atoms with van der Waals surface area (Å²) < 4.78 is 10.8. The predicted octanol–water partition coefficient (Wildman–Crippen LogP) is 2.36. The van der Waals surface area contributed by atoms with Gasteiger partial charge < -0.3 is 19.5 Å². The second-order valence-electron chi connectivity index (χ2n) is 5.99. The van der Waals surface area contributed by atoms with Gasteiger partial charge in [0.05, 0.1) is 19.8 Å². The monoisotopic (exact) mass is 324 g/mol. The molecule has 124 valence electrons. The van der Waals surface area contributed by atoms with Gasteiger partial charge in [-0.25, -0.2) is 0 Å². The van der Waals surface area contributed by atoms with E-state index in [1.165, 1.54) is 0 Å². The minimum atomic E-state index is -1.28. The normalized spacial score (nSPS) is 21.8. The number of hydrogen-bond acceptors (Lipinski definition) is 5. The van der Waals surface area contributed by atoms with Crippen molar-refractivity contribution in [3.63, 3.8) is 0 Å². The van der Waals surface area contributed by atoms with Crippen molar-refractivity contribution in [2.24, 2.45) is 4.99 Å². The van der Waals surface area contributed by atoms with Gasteiger partial charge in [0.15, 0.2) is 5.72 Å². The van der Waals surface area contributed by atoms with Gasteiger partial charge in [0.2, 0.25) is 0 Å². The summed E-state index contributed by atoms with van der Waals surface area (Å²) in [6, 6.07) is 13.4. The lowest BCUT2D eigenvalue weighted by atomic mass is 9.93. The maximum absolute atomic E-state index is 11.8. The van der Waals surface area contributed by atoms with Crippen LogP contribution < -0.4 is 9.47 Å². The quantitative estimate of drug-likeness (QED) is 0.942. The summed E-state index contributed by atoms with van der Waals surface area (Å²) in [4.78, 5) is 6.64. The number of methoxy groups -OCH3 is 2. The molecule has 2 aliphatic heterocycles. The third-order valence-corrected chi connectivity index (χ3v) is 4.78. The average Bonchev–Trinajstić information content (AvgIpc) is 2.92. The molecule has 0 bridgehead atoms. The molecule has 0 saturated carbocycles. The molecule has 2 aromatic carbocycles. The van der Waals surface area contributed by atoms with Gasteiger partial charge in [-0.3, -0.25) is 4.99 Å². The van der Waals surface area contributed by atoms with Crippen LogP contribution in [0.25, 0.3) is 0 Å². The second-order valence-corrected chi connectivity index (χ2v) is 5.99. The summed E-state index contributed by atoms with van der Waals surface area (Å²) in [6.45, 7) is 1.54. The SMILES string of the molecule is COc1ccc(C2(O)c3ccccc3C3=NCCCN32)c(OC)c1. The topological polar surface area (TPSA) is 54.3 Å². The molecule has 0 fully saturated rings. The van der Waals surface area contributed by atoms with Crippen molar-refractivity contribution in [1.82, 2.24) is 4.90 Å². The first-order valence-corrected chi connectivity index (χ1v) is 8.07. The summed E-state index contributed by atoms with van der Waals surface area (Å²) in [6.07, 6.45) is 0.915. The largest absolute Gasteiger partial charge is 0.497 e. The minimum Gasteiger partial charge on any atom is -0.497 e. The van der Waals surface area contributed by atoms with Crippen LogP contribution in [0.15, 0.2) is 47.5 Å². The number of nitrogens with zero attached hydrogens (tertiary/aromatic N) is 2. The van der Waals surface area contributed by atoms with E-state index in [0.29, 0.717) is 17.1 Å². The second kappa shape index (κ2) is 5.53. The number of aliphatic hydroxyl groups is 1. The van der Waals surface area contributed by atoms with Gasteiger partial charge in [0.1, 0.15) is 17.3 Å². The van der Waals surface area contributed by atoms with Crippen LogP contribution in [0.3, 0.4) is 0 Å². The van der Waals surface area contributed by atoms with E-state index in [9.17, 15) is 5.11 Å². The van der Waals surface area contributed by atoms with Gasteiger partial charge in [0.25, 0.3) is 0 Å². The fourth-order valence-electron chi connectivity index (χ4n) is 3.66. The Labute approximate surface area is 141 Å². The van der Waals surface area contributed by atoms with E-state index >= 15 is 0 Å². The smallest absolute Gasteiger partial charge is 0.196 e. The van der Waals surface area contributed by atoms with Crippen LogP contribution >= 0.6 is 0 Å². The van der Waals surface area contributed by atoms with Crippen molar-refractivity contribution in [3.8, 4) is 11.5 Å². The molecular formula is C19H20N2O3. The molecule has 2 aliphatic rings. The molecule has 5 heteroatoms. The highest BCUT2D eigenvalue weighted by Gasteiger charge is 2.50. The molecule has 4 rings (SSSR count).